The number of likely N-dealkylation sites (N-methyl/N-ethyl adjacent to an activating group) is 1. The Morgan fingerprint density at radius 3 is 2.45 bits per heavy atom. The lowest BCUT2D eigenvalue weighted by Crippen LogP contribution is -2.56. The van der Waals surface area contributed by atoms with Crippen LogP contribution in [0.15, 0.2) is 35.5 Å². The smallest absolute Gasteiger partial charge is 0.338 e. The van der Waals surface area contributed by atoms with Gasteiger partial charge in [0.25, 0.3) is 0 Å². The fourth-order valence-corrected chi connectivity index (χ4v) is 4.35. The Kier molecular flexibility index (Phi) is 7.73. The largest absolute Gasteiger partial charge is 0.463 e. The van der Waals surface area contributed by atoms with Crippen LogP contribution in [0.2, 0.25) is 0 Å². The van der Waals surface area contributed by atoms with Crippen molar-refractivity contribution in [1.82, 2.24) is 20.0 Å². The van der Waals surface area contributed by atoms with E-state index < -0.39 is 17.8 Å². The number of halogens is 1. The van der Waals surface area contributed by atoms with E-state index in [1.165, 1.54) is 17.0 Å². The molecule has 2 heterocycles. The van der Waals surface area contributed by atoms with Crippen molar-refractivity contribution in [3.05, 3.63) is 46.9 Å². The van der Waals surface area contributed by atoms with Crippen LogP contribution in [-0.2, 0) is 14.3 Å². The molecule has 0 radical (unpaired) electrons. The Morgan fingerprint density at radius 2 is 1.88 bits per heavy atom. The number of nitrogens with one attached hydrogen (secondary N) is 1. The summed E-state index contributed by atoms with van der Waals surface area (Å²) in [5, 5.41) is 2.84. The summed E-state index contributed by atoms with van der Waals surface area (Å²) in [6.07, 6.45) is 0. The SMILES string of the molecule is CCOC(=O)C1=C(CN2CCN(C(=O)C(C)C)[C@H](C)C2)N(C)C(=O)N[C@H]1c1ccc(F)cc1. The Hall–Kier alpha value is -2.94. The maximum absolute atomic E-state index is 13.5. The summed E-state index contributed by atoms with van der Waals surface area (Å²) in [6, 6.07) is 4.63. The van der Waals surface area contributed by atoms with Crippen molar-refractivity contribution in [2.45, 2.75) is 39.8 Å². The first kappa shape index (κ1) is 24.7. The summed E-state index contributed by atoms with van der Waals surface area (Å²) in [4.78, 5) is 43.8. The first-order valence-electron chi connectivity index (χ1n) is 11.4. The first-order chi connectivity index (χ1) is 15.6. The molecule has 1 aromatic carbocycles. The number of esters is 1. The molecule has 1 fully saturated rings. The topological polar surface area (TPSA) is 82.2 Å². The molecular formula is C24H33FN4O4. The van der Waals surface area contributed by atoms with Crippen molar-refractivity contribution in [2.75, 3.05) is 39.8 Å². The molecule has 33 heavy (non-hydrogen) atoms. The van der Waals surface area contributed by atoms with Gasteiger partial charge in [-0.1, -0.05) is 26.0 Å². The zero-order valence-corrected chi connectivity index (χ0v) is 19.9. The molecule has 1 aromatic rings. The van der Waals surface area contributed by atoms with Crippen LogP contribution in [-0.4, -0.2) is 78.5 Å². The molecule has 1 N–H and O–H groups in total. The zero-order chi connectivity index (χ0) is 24.3. The summed E-state index contributed by atoms with van der Waals surface area (Å²) in [7, 11) is 1.62. The van der Waals surface area contributed by atoms with Crippen LogP contribution in [0.25, 0.3) is 0 Å². The molecule has 0 spiro atoms. The standard InChI is InChI=1S/C24H33FN4O4/c1-6-33-23(31)20-19(14-28-11-12-29(16(4)13-28)22(30)15(2)3)27(5)24(32)26-21(20)17-7-9-18(25)10-8-17/h7-10,15-16,21H,6,11-14H2,1-5H3,(H,26,32)/t16-,21+/m1/s1. The van der Waals surface area contributed by atoms with E-state index in [1.807, 2.05) is 25.7 Å². The number of carbonyl (C=O) groups excluding carboxylic acids is 3. The normalized spacial score (nSPS) is 22.0. The number of rotatable bonds is 6. The fraction of sp³-hybridized carbons (Fsp3) is 0.542. The highest BCUT2D eigenvalue weighted by molar-refractivity contribution is 5.95. The maximum atomic E-state index is 13.5. The summed E-state index contributed by atoms with van der Waals surface area (Å²) in [5.41, 5.74) is 1.47. The number of ether oxygens (including phenoxy) is 1. The first-order valence-corrected chi connectivity index (χ1v) is 11.4. The van der Waals surface area contributed by atoms with E-state index in [9.17, 15) is 18.8 Å². The van der Waals surface area contributed by atoms with Crippen molar-refractivity contribution in [3.63, 3.8) is 0 Å². The van der Waals surface area contributed by atoms with E-state index in [-0.39, 0.29) is 30.5 Å². The van der Waals surface area contributed by atoms with Gasteiger partial charge in [-0.15, -0.1) is 0 Å². The molecule has 2 aliphatic heterocycles. The van der Waals surface area contributed by atoms with E-state index in [0.717, 1.165) is 0 Å². The van der Waals surface area contributed by atoms with Crippen LogP contribution in [0.5, 0.6) is 0 Å². The van der Waals surface area contributed by atoms with Crippen molar-refractivity contribution in [1.29, 1.82) is 0 Å². The summed E-state index contributed by atoms with van der Waals surface area (Å²) >= 11 is 0. The van der Waals surface area contributed by atoms with Crippen molar-refractivity contribution in [3.8, 4) is 0 Å². The maximum Gasteiger partial charge on any atom is 0.338 e. The Bertz CT molecular complexity index is 931. The Labute approximate surface area is 194 Å². The van der Waals surface area contributed by atoms with E-state index in [0.29, 0.717) is 43.0 Å². The van der Waals surface area contributed by atoms with E-state index in [4.69, 9.17) is 4.74 Å². The van der Waals surface area contributed by atoms with Gasteiger partial charge in [-0.25, -0.2) is 14.0 Å². The second-order valence-corrected chi connectivity index (χ2v) is 8.84. The highest BCUT2D eigenvalue weighted by atomic mass is 19.1. The lowest BCUT2D eigenvalue weighted by molar-refractivity contribution is -0.139. The van der Waals surface area contributed by atoms with Crippen LogP contribution in [0, 0.1) is 11.7 Å². The number of urea groups is 1. The van der Waals surface area contributed by atoms with Gasteiger partial charge in [0.05, 0.1) is 18.2 Å². The molecule has 0 aromatic heterocycles. The van der Waals surface area contributed by atoms with Gasteiger partial charge in [0.15, 0.2) is 0 Å². The third-order valence-electron chi connectivity index (χ3n) is 6.14. The van der Waals surface area contributed by atoms with Crippen molar-refractivity contribution < 1.29 is 23.5 Å². The van der Waals surface area contributed by atoms with Crippen molar-refractivity contribution in [2.24, 2.45) is 5.92 Å². The number of benzene rings is 1. The molecule has 180 valence electrons. The predicted octanol–water partition coefficient (Wildman–Crippen LogP) is 2.53. The molecule has 9 heteroatoms. The number of hydrogen-bond acceptors (Lipinski definition) is 5. The average Bonchev–Trinajstić information content (AvgIpc) is 2.77. The van der Waals surface area contributed by atoms with Gasteiger partial charge in [0, 0.05) is 50.9 Å². The minimum atomic E-state index is -0.746. The number of amides is 3. The second kappa shape index (κ2) is 10.3. The Morgan fingerprint density at radius 1 is 1.21 bits per heavy atom. The predicted molar refractivity (Wildman–Crippen MR) is 122 cm³/mol. The van der Waals surface area contributed by atoms with Crippen LogP contribution in [0.4, 0.5) is 9.18 Å². The number of nitrogens with zero attached hydrogens (tertiary/aromatic N) is 3. The third-order valence-corrected chi connectivity index (χ3v) is 6.14. The van der Waals surface area contributed by atoms with E-state index in [2.05, 4.69) is 10.2 Å². The van der Waals surface area contributed by atoms with Gasteiger partial charge >= 0.3 is 12.0 Å². The highest BCUT2D eigenvalue weighted by Crippen LogP contribution is 2.32. The quantitative estimate of drug-likeness (QED) is 0.660. The van der Waals surface area contributed by atoms with Gasteiger partial charge in [-0.3, -0.25) is 14.6 Å². The molecule has 0 aliphatic carbocycles. The van der Waals surface area contributed by atoms with Gasteiger partial charge in [-0.2, -0.15) is 0 Å². The molecule has 3 amide bonds. The van der Waals surface area contributed by atoms with E-state index >= 15 is 0 Å². The number of piperazine rings is 1. The molecule has 2 atom stereocenters. The molecular weight excluding hydrogens is 427 g/mol. The lowest BCUT2D eigenvalue weighted by Gasteiger charge is -2.42. The van der Waals surface area contributed by atoms with E-state index in [1.54, 1.807) is 26.1 Å². The number of carbonyl (C=O) groups is 3. The molecule has 0 bridgehead atoms. The monoisotopic (exact) mass is 460 g/mol. The van der Waals surface area contributed by atoms with Crippen molar-refractivity contribution >= 4 is 17.9 Å². The Balaban J connectivity index is 1.93. The lowest BCUT2D eigenvalue weighted by atomic mass is 9.94. The van der Waals surface area contributed by atoms with Gasteiger partial charge in [0.1, 0.15) is 5.82 Å². The minimum Gasteiger partial charge on any atom is -0.463 e. The minimum absolute atomic E-state index is 0.0101. The van der Waals surface area contributed by atoms with Gasteiger partial charge in [-0.05, 0) is 31.5 Å². The second-order valence-electron chi connectivity index (χ2n) is 8.84. The summed E-state index contributed by atoms with van der Waals surface area (Å²) in [5.74, 6) is -0.862. The summed E-state index contributed by atoms with van der Waals surface area (Å²) in [6.45, 7) is 9.88. The fourth-order valence-electron chi connectivity index (χ4n) is 4.35. The molecule has 0 saturated carbocycles. The third kappa shape index (κ3) is 5.35. The van der Waals surface area contributed by atoms with Crippen LogP contribution >= 0.6 is 0 Å². The van der Waals surface area contributed by atoms with Gasteiger partial charge < -0.3 is 15.0 Å². The highest BCUT2D eigenvalue weighted by Gasteiger charge is 2.38. The average molecular weight is 461 g/mol. The molecule has 2 aliphatic rings. The number of hydrogen-bond donors (Lipinski definition) is 1. The summed E-state index contributed by atoms with van der Waals surface area (Å²) < 4.78 is 18.8. The molecule has 1 saturated heterocycles. The molecule has 3 rings (SSSR count). The van der Waals surface area contributed by atoms with Crippen LogP contribution in [0.3, 0.4) is 0 Å². The van der Waals surface area contributed by atoms with Crippen LogP contribution < -0.4 is 5.32 Å². The van der Waals surface area contributed by atoms with Crippen LogP contribution in [0.1, 0.15) is 39.3 Å². The molecule has 0 unspecified atom stereocenters. The van der Waals surface area contributed by atoms with Gasteiger partial charge in [0.2, 0.25) is 5.91 Å². The molecule has 8 nitrogen and oxygen atoms in total. The zero-order valence-electron chi connectivity index (χ0n) is 19.9.